The third-order valence-corrected chi connectivity index (χ3v) is 4.41. The Balaban J connectivity index is 2.48. The van der Waals surface area contributed by atoms with Crippen molar-refractivity contribution in [1.82, 2.24) is 10.2 Å². The molecule has 1 unspecified atom stereocenters. The molecule has 0 spiro atoms. The van der Waals surface area contributed by atoms with Gasteiger partial charge in [-0.25, -0.2) is 0 Å². The Labute approximate surface area is 128 Å². The standard InChI is InChI=1S/C17H28N2O2/c1-6-18-10-13-9-16(20-4)15-11-19(7-2)12(3)8-14(15)17(13)21-5/h9,12,18H,6-8,10-11H2,1-5H3. The Kier molecular flexibility index (Phi) is 5.48. The van der Waals surface area contributed by atoms with Crippen molar-refractivity contribution in [2.75, 3.05) is 27.3 Å². The first-order chi connectivity index (χ1) is 10.2. The summed E-state index contributed by atoms with van der Waals surface area (Å²) >= 11 is 0. The van der Waals surface area contributed by atoms with Crippen molar-refractivity contribution in [2.45, 2.75) is 46.3 Å². The molecule has 1 heterocycles. The van der Waals surface area contributed by atoms with Gasteiger partial charge in [0.25, 0.3) is 0 Å². The third-order valence-electron chi connectivity index (χ3n) is 4.41. The fourth-order valence-corrected chi connectivity index (χ4v) is 3.21. The Bertz CT molecular complexity index is 488. The quantitative estimate of drug-likeness (QED) is 0.874. The second-order valence-corrected chi connectivity index (χ2v) is 5.62. The molecule has 0 aliphatic carbocycles. The minimum Gasteiger partial charge on any atom is -0.496 e. The summed E-state index contributed by atoms with van der Waals surface area (Å²) in [5, 5.41) is 3.38. The molecule has 2 rings (SSSR count). The summed E-state index contributed by atoms with van der Waals surface area (Å²) in [5.41, 5.74) is 3.80. The van der Waals surface area contributed by atoms with Gasteiger partial charge in [-0.2, -0.15) is 0 Å². The van der Waals surface area contributed by atoms with E-state index in [-0.39, 0.29) is 0 Å². The summed E-state index contributed by atoms with van der Waals surface area (Å²) in [6, 6.07) is 2.67. The van der Waals surface area contributed by atoms with E-state index in [9.17, 15) is 0 Å². The first kappa shape index (κ1) is 16.1. The van der Waals surface area contributed by atoms with Gasteiger partial charge in [0, 0.05) is 35.8 Å². The van der Waals surface area contributed by atoms with E-state index >= 15 is 0 Å². The smallest absolute Gasteiger partial charge is 0.127 e. The van der Waals surface area contributed by atoms with Gasteiger partial charge in [-0.1, -0.05) is 13.8 Å². The highest BCUT2D eigenvalue weighted by molar-refractivity contribution is 5.55. The van der Waals surface area contributed by atoms with Crippen molar-refractivity contribution in [3.8, 4) is 11.5 Å². The van der Waals surface area contributed by atoms with Gasteiger partial charge in [-0.15, -0.1) is 0 Å². The van der Waals surface area contributed by atoms with Crippen LogP contribution in [0.3, 0.4) is 0 Å². The molecule has 1 N–H and O–H groups in total. The Morgan fingerprint density at radius 3 is 2.57 bits per heavy atom. The van der Waals surface area contributed by atoms with Crippen molar-refractivity contribution in [3.05, 3.63) is 22.8 Å². The summed E-state index contributed by atoms with van der Waals surface area (Å²) in [6.07, 6.45) is 1.02. The van der Waals surface area contributed by atoms with Crippen LogP contribution < -0.4 is 14.8 Å². The fraction of sp³-hybridized carbons (Fsp3) is 0.647. The van der Waals surface area contributed by atoms with E-state index in [2.05, 4.69) is 37.1 Å². The van der Waals surface area contributed by atoms with Gasteiger partial charge in [0.05, 0.1) is 14.2 Å². The van der Waals surface area contributed by atoms with Crippen LogP contribution in [0.25, 0.3) is 0 Å². The molecule has 0 aromatic heterocycles. The molecule has 118 valence electrons. The molecule has 1 aromatic rings. The Morgan fingerprint density at radius 2 is 2.00 bits per heavy atom. The largest absolute Gasteiger partial charge is 0.496 e. The molecule has 0 amide bonds. The highest BCUT2D eigenvalue weighted by Gasteiger charge is 2.28. The Morgan fingerprint density at radius 1 is 1.24 bits per heavy atom. The second kappa shape index (κ2) is 7.14. The number of fused-ring (bicyclic) bond motifs is 1. The molecule has 21 heavy (non-hydrogen) atoms. The molecule has 1 aromatic carbocycles. The van der Waals surface area contributed by atoms with Gasteiger partial charge in [0.2, 0.25) is 0 Å². The molecular formula is C17H28N2O2. The maximum absolute atomic E-state index is 5.74. The summed E-state index contributed by atoms with van der Waals surface area (Å²) in [5.74, 6) is 2.03. The first-order valence-corrected chi connectivity index (χ1v) is 7.86. The van der Waals surface area contributed by atoms with E-state index in [1.807, 2.05) is 0 Å². The molecule has 0 saturated carbocycles. The molecular weight excluding hydrogens is 264 g/mol. The van der Waals surface area contributed by atoms with Crippen molar-refractivity contribution >= 4 is 0 Å². The predicted octanol–water partition coefficient (Wildman–Crippen LogP) is 2.58. The zero-order valence-electron chi connectivity index (χ0n) is 14.0. The van der Waals surface area contributed by atoms with Crippen molar-refractivity contribution in [1.29, 1.82) is 0 Å². The second-order valence-electron chi connectivity index (χ2n) is 5.62. The molecule has 4 nitrogen and oxygen atoms in total. The lowest BCUT2D eigenvalue weighted by molar-refractivity contribution is 0.189. The molecule has 1 atom stereocenters. The van der Waals surface area contributed by atoms with E-state index in [1.165, 1.54) is 16.7 Å². The number of likely N-dealkylation sites (N-methyl/N-ethyl adjacent to an activating group) is 1. The van der Waals surface area contributed by atoms with Crippen LogP contribution in [0.4, 0.5) is 0 Å². The maximum Gasteiger partial charge on any atom is 0.127 e. The van der Waals surface area contributed by atoms with Gasteiger partial charge in [-0.05, 0) is 32.5 Å². The number of rotatable bonds is 6. The molecule has 1 aliphatic heterocycles. The number of methoxy groups -OCH3 is 2. The van der Waals surface area contributed by atoms with Crippen LogP contribution in [0.5, 0.6) is 11.5 Å². The molecule has 1 aliphatic rings. The summed E-state index contributed by atoms with van der Waals surface area (Å²) < 4.78 is 11.4. The SMILES string of the molecule is CCNCc1cc(OC)c2c(c1OC)CC(C)N(CC)C2. The van der Waals surface area contributed by atoms with Crippen LogP contribution in [0.15, 0.2) is 6.07 Å². The molecule has 4 heteroatoms. The Hall–Kier alpha value is -1.26. The minimum absolute atomic E-state index is 0.537. The van der Waals surface area contributed by atoms with E-state index in [1.54, 1.807) is 14.2 Å². The van der Waals surface area contributed by atoms with Crippen molar-refractivity contribution < 1.29 is 9.47 Å². The number of hydrogen-bond acceptors (Lipinski definition) is 4. The highest BCUT2D eigenvalue weighted by Crippen LogP contribution is 2.39. The summed E-state index contributed by atoms with van der Waals surface area (Å²) in [6.45, 7) is 10.4. The monoisotopic (exact) mass is 292 g/mol. The molecule has 0 bridgehead atoms. The average molecular weight is 292 g/mol. The number of ether oxygens (including phenoxy) is 2. The zero-order valence-corrected chi connectivity index (χ0v) is 14.0. The predicted molar refractivity (Wildman–Crippen MR) is 86.2 cm³/mol. The van der Waals surface area contributed by atoms with Crippen LogP contribution in [0.2, 0.25) is 0 Å². The number of nitrogens with one attached hydrogen (secondary N) is 1. The van der Waals surface area contributed by atoms with E-state index in [4.69, 9.17) is 9.47 Å². The highest BCUT2D eigenvalue weighted by atomic mass is 16.5. The zero-order chi connectivity index (χ0) is 15.4. The van der Waals surface area contributed by atoms with Gasteiger partial charge in [0.1, 0.15) is 11.5 Å². The van der Waals surface area contributed by atoms with Crippen molar-refractivity contribution in [3.63, 3.8) is 0 Å². The molecule has 0 radical (unpaired) electrons. The van der Waals surface area contributed by atoms with Crippen molar-refractivity contribution in [2.24, 2.45) is 0 Å². The number of nitrogens with zero attached hydrogens (tertiary/aromatic N) is 1. The summed E-state index contributed by atoms with van der Waals surface area (Å²) in [7, 11) is 3.53. The summed E-state index contributed by atoms with van der Waals surface area (Å²) in [4.78, 5) is 2.48. The van der Waals surface area contributed by atoms with Crippen LogP contribution in [-0.4, -0.2) is 38.3 Å². The normalized spacial score (nSPS) is 18.4. The topological polar surface area (TPSA) is 33.7 Å². The van der Waals surface area contributed by atoms with Gasteiger partial charge < -0.3 is 14.8 Å². The average Bonchev–Trinajstić information content (AvgIpc) is 2.51. The lowest BCUT2D eigenvalue weighted by Crippen LogP contribution is -2.38. The van der Waals surface area contributed by atoms with Crippen LogP contribution in [0.1, 0.15) is 37.5 Å². The maximum atomic E-state index is 5.74. The van der Waals surface area contributed by atoms with Gasteiger partial charge in [0.15, 0.2) is 0 Å². The van der Waals surface area contributed by atoms with E-state index < -0.39 is 0 Å². The molecule has 0 fully saturated rings. The minimum atomic E-state index is 0.537. The van der Waals surface area contributed by atoms with Crippen LogP contribution in [0, 0.1) is 0 Å². The lowest BCUT2D eigenvalue weighted by atomic mass is 9.90. The first-order valence-electron chi connectivity index (χ1n) is 7.86. The molecule has 0 saturated heterocycles. The van der Waals surface area contributed by atoms with Crippen LogP contribution in [-0.2, 0) is 19.5 Å². The third kappa shape index (κ3) is 3.16. The number of benzene rings is 1. The number of hydrogen-bond donors (Lipinski definition) is 1. The van der Waals surface area contributed by atoms with Crippen LogP contribution >= 0.6 is 0 Å². The lowest BCUT2D eigenvalue weighted by Gasteiger charge is -2.36. The van der Waals surface area contributed by atoms with Gasteiger partial charge >= 0.3 is 0 Å². The fourth-order valence-electron chi connectivity index (χ4n) is 3.21. The van der Waals surface area contributed by atoms with E-state index in [0.717, 1.165) is 44.1 Å². The van der Waals surface area contributed by atoms with Gasteiger partial charge in [-0.3, -0.25) is 4.90 Å². The van der Waals surface area contributed by atoms with E-state index in [0.29, 0.717) is 6.04 Å².